The zero-order valence-electron chi connectivity index (χ0n) is 13.5. The Morgan fingerprint density at radius 1 is 1.12 bits per heavy atom. The lowest BCUT2D eigenvalue weighted by atomic mass is 10.1. The smallest absolute Gasteiger partial charge is 0.326 e. The van der Waals surface area contributed by atoms with E-state index in [0.29, 0.717) is 13.0 Å². The van der Waals surface area contributed by atoms with E-state index < -0.39 is 60.6 Å². The van der Waals surface area contributed by atoms with Gasteiger partial charge in [-0.1, -0.05) is 0 Å². The highest BCUT2D eigenvalue weighted by Crippen LogP contribution is 2.06. The van der Waals surface area contributed by atoms with Crippen molar-refractivity contribution in [2.75, 3.05) is 6.54 Å². The molecule has 1 aliphatic heterocycles. The van der Waals surface area contributed by atoms with Gasteiger partial charge in [0.15, 0.2) is 0 Å². The van der Waals surface area contributed by atoms with Gasteiger partial charge in [-0.25, -0.2) is 4.79 Å². The molecule has 11 nitrogen and oxygen atoms in total. The molecule has 1 fully saturated rings. The molecule has 0 aromatic heterocycles. The molecule has 0 spiro atoms. The molecule has 0 radical (unpaired) electrons. The Labute approximate surface area is 143 Å². The molecule has 0 bridgehead atoms. The molecule has 1 rings (SSSR count). The average Bonchev–Trinajstić information content (AvgIpc) is 3.03. The number of amides is 3. The summed E-state index contributed by atoms with van der Waals surface area (Å²) in [5.74, 6) is -4.89. The van der Waals surface area contributed by atoms with Crippen LogP contribution < -0.4 is 21.7 Å². The zero-order chi connectivity index (χ0) is 19.0. The number of hydrogen-bond donors (Lipinski definition) is 6. The Morgan fingerprint density at radius 3 is 2.28 bits per heavy atom. The van der Waals surface area contributed by atoms with Gasteiger partial charge >= 0.3 is 11.9 Å². The summed E-state index contributed by atoms with van der Waals surface area (Å²) >= 11 is 0. The highest BCUT2D eigenvalue weighted by molar-refractivity contribution is 5.94. The summed E-state index contributed by atoms with van der Waals surface area (Å²) in [6.07, 6.45) is 0.0671. The van der Waals surface area contributed by atoms with Crippen LogP contribution in [0.15, 0.2) is 0 Å². The van der Waals surface area contributed by atoms with Gasteiger partial charge in [0.25, 0.3) is 0 Å². The number of nitrogens with two attached hydrogens (primary N) is 1. The van der Waals surface area contributed by atoms with Crippen LogP contribution in [0.4, 0.5) is 0 Å². The van der Waals surface area contributed by atoms with Gasteiger partial charge in [-0.15, -0.1) is 0 Å². The van der Waals surface area contributed by atoms with E-state index in [1.165, 1.54) is 0 Å². The second-order valence-electron chi connectivity index (χ2n) is 5.71. The number of hydrogen-bond acceptors (Lipinski definition) is 6. The van der Waals surface area contributed by atoms with Gasteiger partial charge in [0, 0.05) is 6.42 Å². The fraction of sp³-hybridized carbons (Fsp3) is 0.643. The maximum absolute atomic E-state index is 12.2. The molecule has 3 atom stereocenters. The Balaban J connectivity index is 2.72. The topological polar surface area (TPSA) is 188 Å². The first-order chi connectivity index (χ1) is 11.7. The minimum absolute atomic E-state index is 0.335. The minimum Gasteiger partial charge on any atom is -0.481 e. The maximum Gasteiger partial charge on any atom is 0.326 e. The lowest BCUT2D eigenvalue weighted by molar-refractivity contribution is -0.143. The Kier molecular flexibility index (Phi) is 7.79. The van der Waals surface area contributed by atoms with Crippen molar-refractivity contribution in [3.8, 4) is 0 Å². The van der Waals surface area contributed by atoms with Crippen LogP contribution in [0, 0.1) is 0 Å². The largest absolute Gasteiger partial charge is 0.481 e. The summed E-state index contributed by atoms with van der Waals surface area (Å²) in [4.78, 5) is 57.1. The van der Waals surface area contributed by atoms with E-state index in [0.717, 1.165) is 6.42 Å². The van der Waals surface area contributed by atoms with Crippen LogP contribution in [0.3, 0.4) is 0 Å². The molecular formula is C14H22N4O7. The molecule has 0 saturated carbocycles. The highest BCUT2D eigenvalue weighted by Gasteiger charge is 2.30. The Hall–Kier alpha value is -2.69. The Bertz CT molecular complexity index is 545. The number of rotatable bonds is 10. The summed E-state index contributed by atoms with van der Waals surface area (Å²) in [7, 11) is 0. The quantitative estimate of drug-likeness (QED) is 0.248. The molecule has 1 heterocycles. The fourth-order valence-corrected chi connectivity index (χ4v) is 2.39. The predicted octanol–water partition coefficient (Wildman–Crippen LogP) is -2.47. The lowest BCUT2D eigenvalue weighted by Crippen LogP contribution is -2.55. The molecule has 1 saturated heterocycles. The normalized spacial score (nSPS) is 18.8. The van der Waals surface area contributed by atoms with Crippen LogP contribution in [0.5, 0.6) is 0 Å². The van der Waals surface area contributed by atoms with Crippen molar-refractivity contribution in [2.24, 2.45) is 5.73 Å². The molecule has 140 valence electrons. The van der Waals surface area contributed by atoms with Crippen LogP contribution in [0.25, 0.3) is 0 Å². The first kappa shape index (κ1) is 20.4. The van der Waals surface area contributed by atoms with E-state index >= 15 is 0 Å². The maximum atomic E-state index is 12.2. The van der Waals surface area contributed by atoms with E-state index in [2.05, 4.69) is 16.0 Å². The SMILES string of the molecule is NC(=O)C[C@H](NC(=O)[C@@H]1CCCN1)C(=O)N[C@@H](CCC(=O)O)C(=O)O. The third-order valence-corrected chi connectivity index (χ3v) is 3.68. The van der Waals surface area contributed by atoms with Crippen molar-refractivity contribution in [2.45, 2.75) is 50.2 Å². The number of aliphatic carboxylic acids is 2. The van der Waals surface area contributed by atoms with E-state index in [-0.39, 0.29) is 6.42 Å². The van der Waals surface area contributed by atoms with Gasteiger partial charge in [-0.2, -0.15) is 0 Å². The molecule has 0 unspecified atom stereocenters. The molecule has 25 heavy (non-hydrogen) atoms. The van der Waals surface area contributed by atoms with Crippen LogP contribution in [0.2, 0.25) is 0 Å². The third kappa shape index (κ3) is 7.16. The van der Waals surface area contributed by atoms with Gasteiger partial charge in [-0.05, 0) is 25.8 Å². The predicted molar refractivity (Wildman–Crippen MR) is 83.2 cm³/mol. The van der Waals surface area contributed by atoms with Gasteiger partial charge < -0.3 is 31.9 Å². The minimum atomic E-state index is -1.46. The second-order valence-corrected chi connectivity index (χ2v) is 5.71. The van der Waals surface area contributed by atoms with Gasteiger partial charge in [-0.3, -0.25) is 19.2 Å². The highest BCUT2D eigenvalue weighted by atomic mass is 16.4. The number of carboxylic acid groups (broad SMARTS) is 2. The number of primary amides is 1. The first-order valence-electron chi connectivity index (χ1n) is 7.77. The van der Waals surface area contributed by atoms with Crippen LogP contribution in [0.1, 0.15) is 32.1 Å². The zero-order valence-corrected chi connectivity index (χ0v) is 13.5. The number of carboxylic acids is 2. The van der Waals surface area contributed by atoms with Crippen LogP contribution in [-0.4, -0.2) is 64.5 Å². The third-order valence-electron chi connectivity index (χ3n) is 3.68. The summed E-state index contributed by atoms with van der Waals surface area (Å²) in [6.45, 7) is 0.654. The second kappa shape index (κ2) is 9.57. The van der Waals surface area contributed by atoms with Crippen LogP contribution in [-0.2, 0) is 24.0 Å². The standard InChI is InChI=1S/C14H22N4O7/c15-10(19)6-9(18-12(22)7-2-1-5-16-7)13(23)17-8(14(24)25)3-4-11(20)21/h7-9,16H,1-6H2,(H2,15,19)(H,17,23)(H,18,22)(H,20,21)(H,24,25)/t7-,8-,9-/m0/s1. The molecule has 0 aliphatic carbocycles. The Morgan fingerprint density at radius 2 is 1.80 bits per heavy atom. The van der Waals surface area contributed by atoms with E-state index in [1.807, 2.05) is 0 Å². The van der Waals surface area contributed by atoms with Gasteiger partial charge in [0.1, 0.15) is 12.1 Å². The van der Waals surface area contributed by atoms with Crippen molar-refractivity contribution >= 4 is 29.7 Å². The van der Waals surface area contributed by atoms with Crippen molar-refractivity contribution < 1.29 is 34.2 Å². The molecular weight excluding hydrogens is 336 g/mol. The van der Waals surface area contributed by atoms with Crippen molar-refractivity contribution in [3.05, 3.63) is 0 Å². The number of nitrogens with one attached hydrogen (secondary N) is 3. The number of carbonyl (C=O) groups is 5. The van der Waals surface area contributed by atoms with Crippen molar-refractivity contribution in [1.29, 1.82) is 0 Å². The molecule has 3 amide bonds. The van der Waals surface area contributed by atoms with E-state index in [9.17, 15) is 24.0 Å². The van der Waals surface area contributed by atoms with E-state index in [4.69, 9.17) is 15.9 Å². The molecule has 0 aromatic carbocycles. The monoisotopic (exact) mass is 358 g/mol. The molecule has 1 aliphatic rings. The molecule has 11 heteroatoms. The first-order valence-corrected chi connectivity index (χ1v) is 7.77. The van der Waals surface area contributed by atoms with Gasteiger partial charge in [0.2, 0.25) is 17.7 Å². The van der Waals surface area contributed by atoms with Gasteiger partial charge in [0.05, 0.1) is 12.5 Å². The summed E-state index contributed by atoms with van der Waals surface area (Å²) < 4.78 is 0. The molecule has 0 aromatic rings. The molecule has 7 N–H and O–H groups in total. The average molecular weight is 358 g/mol. The summed E-state index contributed by atoms with van der Waals surface area (Å²) in [5.41, 5.74) is 5.07. The number of carbonyl (C=O) groups excluding carboxylic acids is 3. The van der Waals surface area contributed by atoms with Crippen molar-refractivity contribution in [1.82, 2.24) is 16.0 Å². The van der Waals surface area contributed by atoms with Crippen molar-refractivity contribution in [3.63, 3.8) is 0 Å². The fourth-order valence-electron chi connectivity index (χ4n) is 2.39. The summed E-state index contributed by atoms with van der Waals surface area (Å²) in [5, 5.41) is 25.1. The summed E-state index contributed by atoms with van der Waals surface area (Å²) in [6, 6.07) is -3.29. The lowest BCUT2D eigenvalue weighted by Gasteiger charge is -2.21. The van der Waals surface area contributed by atoms with Crippen LogP contribution >= 0.6 is 0 Å². The van der Waals surface area contributed by atoms with E-state index in [1.54, 1.807) is 0 Å².